The van der Waals surface area contributed by atoms with Crippen LogP contribution in [0.4, 0.5) is 11.5 Å². The lowest BCUT2D eigenvalue weighted by Gasteiger charge is -2.26. The quantitative estimate of drug-likeness (QED) is 0.827. The Morgan fingerprint density at radius 1 is 1.45 bits per heavy atom. The highest BCUT2D eigenvalue weighted by atomic mass is 16.5. The molecule has 110 valence electrons. The van der Waals surface area contributed by atoms with Crippen LogP contribution >= 0.6 is 0 Å². The van der Waals surface area contributed by atoms with Crippen LogP contribution in [0.1, 0.15) is 43.0 Å². The van der Waals surface area contributed by atoms with Gasteiger partial charge in [0.1, 0.15) is 11.4 Å². The molecule has 2 rings (SSSR count). The summed E-state index contributed by atoms with van der Waals surface area (Å²) in [5.41, 5.74) is 6.54. The minimum atomic E-state index is -0.412. The van der Waals surface area contributed by atoms with Gasteiger partial charge in [0.2, 0.25) is 0 Å². The highest BCUT2D eigenvalue weighted by Gasteiger charge is 2.19. The third-order valence-corrected chi connectivity index (χ3v) is 4.01. The van der Waals surface area contributed by atoms with E-state index in [-0.39, 0.29) is 0 Å². The van der Waals surface area contributed by atoms with Gasteiger partial charge in [-0.05, 0) is 30.7 Å². The minimum absolute atomic E-state index is 0.400. The number of hydrogen-bond acceptors (Lipinski definition) is 5. The molecule has 3 N–H and O–H groups in total. The Morgan fingerprint density at radius 2 is 2.15 bits per heavy atom. The van der Waals surface area contributed by atoms with E-state index in [2.05, 4.69) is 17.2 Å². The topological polar surface area (TPSA) is 77.2 Å². The van der Waals surface area contributed by atoms with Crippen LogP contribution in [0, 0.1) is 11.8 Å². The van der Waals surface area contributed by atoms with Crippen molar-refractivity contribution in [2.24, 2.45) is 11.8 Å². The number of hydrogen-bond donors (Lipinski definition) is 2. The molecule has 1 heterocycles. The zero-order chi connectivity index (χ0) is 14.5. The summed E-state index contributed by atoms with van der Waals surface area (Å²) in [6.07, 6.45) is 6.59. The molecule has 0 amide bonds. The largest absolute Gasteiger partial charge is 0.465 e. The highest BCUT2D eigenvalue weighted by Crippen LogP contribution is 2.28. The first-order chi connectivity index (χ1) is 9.60. The Labute approximate surface area is 119 Å². The molecular formula is C15H23N3O2. The number of methoxy groups -OCH3 is 1. The average Bonchev–Trinajstić information content (AvgIpc) is 2.46. The Bertz CT molecular complexity index is 468. The summed E-state index contributed by atoms with van der Waals surface area (Å²) >= 11 is 0. The molecule has 1 fully saturated rings. The lowest BCUT2D eigenvalue weighted by atomic mass is 9.83. The number of carbonyl (C=O) groups is 1. The van der Waals surface area contributed by atoms with Crippen LogP contribution in [0.3, 0.4) is 0 Å². The second kappa shape index (κ2) is 6.59. The van der Waals surface area contributed by atoms with E-state index in [4.69, 9.17) is 10.5 Å². The van der Waals surface area contributed by atoms with Crippen molar-refractivity contribution < 1.29 is 9.53 Å². The molecule has 1 aliphatic rings. The molecular weight excluding hydrogens is 254 g/mol. The van der Waals surface area contributed by atoms with Gasteiger partial charge in [-0.25, -0.2) is 9.78 Å². The first-order valence-corrected chi connectivity index (χ1v) is 7.18. The molecule has 5 heteroatoms. The molecule has 1 saturated carbocycles. The van der Waals surface area contributed by atoms with Gasteiger partial charge in [-0.3, -0.25) is 0 Å². The summed E-state index contributed by atoms with van der Waals surface area (Å²) in [6, 6.07) is 1.60. The third-order valence-electron chi connectivity index (χ3n) is 4.01. The van der Waals surface area contributed by atoms with Gasteiger partial charge in [0.05, 0.1) is 19.0 Å². The van der Waals surface area contributed by atoms with Crippen LogP contribution in [0.15, 0.2) is 12.3 Å². The van der Waals surface area contributed by atoms with Gasteiger partial charge < -0.3 is 15.8 Å². The summed E-state index contributed by atoms with van der Waals surface area (Å²) in [5.74, 6) is 1.64. The molecule has 0 aromatic carbocycles. The Balaban J connectivity index is 2.00. The summed E-state index contributed by atoms with van der Waals surface area (Å²) in [6.45, 7) is 3.15. The van der Waals surface area contributed by atoms with Gasteiger partial charge in [-0.2, -0.15) is 0 Å². The number of nitrogens with one attached hydrogen (secondary N) is 1. The van der Waals surface area contributed by atoms with E-state index < -0.39 is 5.97 Å². The molecule has 0 radical (unpaired) electrons. The molecule has 1 aromatic rings. The van der Waals surface area contributed by atoms with Crippen LogP contribution in [-0.2, 0) is 4.74 Å². The normalized spacial score (nSPS) is 22.3. The zero-order valence-electron chi connectivity index (χ0n) is 12.2. The number of nitrogens with two attached hydrogens (primary N) is 1. The van der Waals surface area contributed by atoms with Crippen molar-refractivity contribution in [3.8, 4) is 0 Å². The molecule has 20 heavy (non-hydrogen) atoms. The van der Waals surface area contributed by atoms with E-state index in [1.165, 1.54) is 32.8 Å². The Morgan fingerprint density at radius 3 is 2.80 bits per heavy atom. The molecule has 1 aliphatic carbocycles. The highest BCUT2D eigenvalue weighted by molar-refractivity contribution is 5.95. The van der Waals surface area contributed by atoms with Gasteiger partial charge in [0.25, 0.3) is 0 Å². The van der Waals surface area contributed by atoms with E-state index in [9.17, 15) is 4.79 Å². The molecule has 0 bridgehead atoms. The van der Waals surface area contributed by atoms with E-state index in [1.807, 2.05) is 0 Å². The van der Waals surface area contributed by atoms with Gasteiger partial charge >= 0.3 is 5.97 Å². The third kappa shape index (κ3) is 3.62. The van der Waals surface area contributed by atoms with Crippen molar-refractivity contribution in [2.75, 3.05) is 24.7 Å². The minimum Gasteiger partial charge on any atom is -0.465 e. The van der Waals surface area contributed by atoms with Crippen molar-refractivity contribution in [1.29, 1.82) is 0 Å². The molecule has 1 aromatic heterocycles. The van der Waals surface area contributed by atoms with E-state index in [1.54, 1.807) is 12.3 Å². The first-order valence-electron chi connectivity index (χ1n) is 7.18. The number of anilines is 2. The van der Waals surface area contributed by atoms with Gasteiger partial charge in [-0.15, -0.1) is 0 Å². The SMILES string of the molecule is COC(=O)c1cc(N)cnc1NCC1CCC(C)CC1. The Kier molecular flexibility index (Phi) is 4.82. The van der Waals surface area contributed by atoms with Crippen LogP contribution in [0.2, 0.25) is 0 Å². The van der Waals surface area contributed by atoms with Crippen LogP contribution < -0.4 is 11.1 Å². The first kappa shape index (κ1) is 14.6. The van der Waals surface area contributed by atoms with Gasteiger partial charge in [0, 0.05) is 6.54 Å². The van der Waals surface area contributed by atoms with Crippen molar-refractivity contribution in [2.45, 2.75) is 32.6 Å². The van der Waals surface area contributed by atoms with E-state index >= 15 is 0 Å². The fourth-order valence-electron chi connectivity index (χ4n) is 2.66. The smallest absolute Gasteiger partial charge is 0.341 e. The van der Waals surface area contributed by atoms with Crippen molar-refractivity contribution in [3.63, 3.8) is 0 Å². The molecule has 0 unspecified atom stereocenters. The van der Waals surface area contributed by atoms with Crippen LogP contribution in [-0.4, -0.2) is 24.6 Å². The summed E-state index contributed by atoms with van der Waals surface area (Å²) in [4.78, 5) is 15.9. The maximum Gasteiger partial charge on any atom is 0.341 e. The molecule has 5 nitrogen and oxygen atoms in total. The average molecular weight is 277 g/mol. The van der Waals surface area contributed by atoms with Crippen molar-refractivity contribution in [3.05, 3.63) is 17.8 Å². The number of aromatic nitrogens is 1. The van der Waals surface area contributed by atoms with Gasteiger partial charge in [0.15, 0.2) is 0 Å². The summed E-state index contributed by atoms with van der Waals surface area (Å²) in [5, 5.41) is 3.27. The zero-order valence-corrected chi connectivity index (χ0v) is 12.2. The monoisotopic (exact) mass is 277 g/mol. The molecule has 0 saturated heterocycles. The second-order valence-corrected chi connectivity index (χ2v) is 5.66. The van der Waals surface area contributed by atoms with E-state index in [0.717, 1.165) is 12.5 Å². The number of nitrogen functional groups attached to an aromatic ring is 1. The fraction of sp³-hybridized carbons (Fsp3) is 0.600. The van der Waals surface area contributed by atoms with Crippen LogP contribution in [0.5, 0.6) is 0 Å². The molecule has 0 atom stereocenters. The standard InChI is InChI=1S/C15H23N3O2/c1-10-3-5-11(6-4-10)8-17-14-13(15(19)20-2)7-12(16)9-18-14/h7,9-11H,3-6,8,16H2,1-2H3,(H,17,18). The number of esters is 1. The van der Waals surface area contributed by atoms with Crippen LogP contribution in [0.25, 0.3) is 0 Å². The molecule has 0 aliphatic heterocycles. The lowest BCUT2D eigenvalue weighted by molar-refractivity contribution is 0.0601. The number of rotatable bonds is 4. The predicted molar refractivity (Wildman–Crippen MR) is 79.6 cm³/mol. The number of ether oxygens (including phenoxy) is 1. The van der Waals surface area contributed by atoms with Gasteiger partial charge in [-0.1, -0.05) is 19.8 Å². The van der Waals surface area contributed by atoms with Crippen molar-refractivity contribution >= 4 is 17.5 Å². The maximum atomic E-state index is 11.7. The second-order valence-electron chi connectivity index (χ2n) is 5.66. The maximum absolute atomic E-state index is 11.7. The number of pyridine rings is 1. The number of carbonyl (C=O) groups excluding carboxylic acids is 1. The number of nitrogens with zero attached hydrogens (tertiary/aromatic N) is 1. The Hall–Kier alpha value is -1.78. The fourth-order valence-corrected chi connectivity index (χ4v) is 2.66. The predicted octanol–water partition coefficient (Wildman–Crippen LogP) is 2.69. The van der Waals surface area contributed by atoms with E-state index in [0.29, 0.717) is 23.0 Å². The summed E-state index contributed by atoms with van der Waals surface area (Å²) < 4.78 is 4.76. The van der Waals surface area contributed by atoms with Crippen molar-refractivity contribution in [1.82, 2.24) is 4.98 Å². The molecule has 0 spiro atoms. The lowest BCUT2D eigenvalue weighted by Crippen LogP contribution is -2.21. The summed E-state index contributed by atoms with van der Waals surface area (Å²) in [7, 11) is 1.36.